The highest BCUT2D eigenvalue weighted by Gasteiger charge is 2.38. The molecule has 0 aromatic rings. The number of carbonyl (C=O) groups excluding carboxylic acids is 1. The highest BCUT2D eigenvalue weighted by molar-refractivity contribution is 5.81. The van der Waals surface area contributed by atoms with Crippen molar-refractivity contribution in [3.63, 3.8) is 0 Å². The number of hydrogen-bond donors (Lipinski definition) is 1. The summed E-state index contributed by atoms with van der Waals surface area (Å²) in [6.45, 7) is 7.18. The van der Waals surface area contributed by atoms with E-state index < -0.39 is 0 Å². The summed E-state index contributed by atoms with van der Waals surface area (Å²) < 4.78 is 5.34. The van der Waals surface area contributed by atoms with E-state index in [4.69, 9.17) is 4.74 Å². The molecule has 0 aliphatic carbocycles. The van der Waals surface area contributed by atoms with Gasteiger partial charge in [0.1, 0.15) is 0 Å². The van der Waals surface area contributed by atoms with E-state index >= 15 is 0 Å². The van der Waals surface area contributed by atoms with Crippen LogP contribution in [0.2, 0.25) is 0 Å². The molecule has 0 saturated carbocycles. The van der Waals surface area contributed by atoms with Gasteiger partial charge in [-0.3, -0.25) is 9.69 Å². The predicted molar refractivity (Wildman–Crippen MR) is 77.6 cm³/mol. The van der Waals surface area contributed by atoms with E-state index in [0.29, 0.717) is 25.3 Å². The van der Waals surface area contributed by atoms with Crippen LogP contribution in [0.25, 0.3) is 0 Å². The van der Waals surface area contributed by atoms with Crippen LogP contribution >= 0.6 is 0 Å². The zero-order valence-corrected chi connectivity index (χ0v) is 12.5. The SMILES string of the molecule is CC(C(=O)N1CCOCC1)N1CCCC1C1CCCN1. The molecular weight excluding hydrogens is 254 g/mol. The number of amides is 1. The Kier molecular flexibility index (Phi) is 4.58. The number of morpholine rings is 1. The summed E-state index contributed by atoms with van der Waals surface area (Å²) in [6, 6.07) is 1.16. The Bertz CT molecular complexity index is 338. The molecule has 3 saturated heterocycles. The monoisotopic (exact) mass is 281 g/mol. The second kappa shape index (κ2) is 6.41. The van der Waals surface area contributed by atoms with Gasteiger partial charge in [-0.25, -0.2) is 0 Å². The fraction of sp³-hybridized carbons (Fsp3) is 0.933. The van der Waals surface area contributed by atoms with Gasteiger partial charge in [0.2, 0.25) is 5.91 Å². The van der Waals surface area contributed by atoms with Crippen LogP contribution in [0.3, 0.4) is 0 Å². The van der Waals surface area contributed by atoms with E-state index in [9.17, 15) is 4.79 Å². The molecular formula is C15H27N3O2. The molecule has 3 atom stereocenters. The number of hydrogen-bond acceptors (Lipinski definition) is 4. The van der Waals surface area contributed by atoms with Crippen LogP contribution in [-0.4, -0.2) is 73.2 Å². The van der Waals surface area contributed by atoms with Crippen molar-refractivity contribution in [1.82, 2.24) is 15.1 Å². The topological polar surface area (TPSA) is 44.8 Å². The minimum absolute atomic E-state index is 0.0167. The Balaban J connectivity index is 1.62. The van der Waals surface area contributed by atoms with Gasteiger partial charge in [0, 0.05) is 25.2 Å². The van der Waals surface area contributed by atoms with Crippen LogP contribution in [0.1, 0.15) is 32.6 Å². The highest BCUT2D eigenvalue weighted by Crippen LogP contribution is 2.27. The summed E-state index contributed by atoms with van der Waals surface area (Å²) >= 11 is 0. The molecule has 3 aliphatic heterocycles. The van der Waals surface area contributed by atoms with Crippen molar-refractivity contribution in [3.8, 4) is 0 Å². The van der Waals surface area contributed by atoms with Crippen molar-refractivity contribution in [1.29, 1.82) is 0 Å². The van der Waals surface area contributed by atoms with Crippen molar-refractivity contribution in [3.05, 3.63) is 0 Å². The molecule has 0 radical (unpaired) electrons. The number of rotatable bonds is 3. The number of nitrogens with zero attached hydrogens (tertiary/aromatic N) is 2. The zero-order chi connectivity index (χ0) is 13.9. The van der Waals surface area contributed by atoms with E-state index in [1.165, 1.54) is 25.7 Å². The summed E-state index contributed by atoms with van der Waals surface area (Å²) in [5.74, 6) is 0.290. The maximum atomic E-state index is 12.7. The molecule has 0 aromatic carbocycles. The first-order valence-corrected chi connectivity index (χ1v) is 8.13. The third-order valence-corrected chi connectivity index (χ3v) is 5.08. The first-order chi connectivity index (χ1) is 9.77. The Labute approximate surface area is 121 Å². The smallest absolute Gasteiger partial charge is 0.239 e. The molecule has 3 unspecified atom stereocenters. The van der Waals surface area contributed by atoms with E-state index in [0.717, 1.165) is 26.2 Å². The van der Waals surface area contributed by atoms with Crippen LogP contribution in [0, 0.1) is 0 Å². The second-order valence-corrected chi connectivity index (χ2v) is 6.26. The van der Waals surface area contributed by atoms with E-state index in [1.807, 2.05) is 4.90 Å². The molecule has 20 heavy (non-hydrogen) atoms. The predicted octanol–water partition coefficient (Wildman–Crippen LogP) is 0.450. The van der Waals surface area contributed by atoms with Gasteiger partial charge in [0.15, 0.2) is 0 Å². The van der Waals surface area contributed by atoms with Crippen LogP contribution < -0.4 is 5.32 Å². The normalized spacial score (nSPS) is 33.5. The first-order valence-electron chi connectivity index (χ1n) is 8.13. The molecule has 3 aliphatic rings. The second-order valence-electron chi connectivity index (χ2n) is 6.26. The summed E-state index contributed by atoms with van der Waals surface area (Å²) in [5, 5.41) is 3.62. The van der Waals surface area contributed by atoms with Crippen LogP contribution in [0.15, 0.2) is 0 Å². The van der Waals surface area contributed by atoms with Crippen molar-refractivity contribution in [2.45, 2.75) is 50.7 Å². The molecule has 0 bridgehead atoms. The van der Waals surface area contributed by atoms with Crippen molar-refractivity contribution in [2.75, 3.05) is 39.4 Å². The Hall–Kier alpha value is -0.650. The van der Waals surface area contributed by atoms with Gasteiger partial charge in [0.25, 0.3) is 0 Å². The zero-order valence-electron chi connectivity index (χ0n) is 12.5. The summed E-state index contributed by atoms with van der Waals surface area (Å²) in [5.41, 5.74) is 0. The van der Waals surface area contributed by atoms with Crippen LogP contribution in [-0.2, 0) is 9.53 Å². The molecule has 3 heterocycles. The number of likely N-dealkylation sites (tertiary alicyclic amines) is 1. The molecule has 3 rings (SSSR count). The minimum atomic E-state index is 0.0167. The lowest BCUT2D eigenvalue weighted by atomic mass is 10.0. The van der Waals surface area contributed by atoms with Gasteiger partial charge in [-0.1, -0.05) is 0 Å². The largest absolute Gasteiger partial charge is 0.378 e. The number of nitrogens with one attached hydrogen (secondary N) is 1. The molecule has 3 fully saturated rings. The van der Waals surface area contributed by atoms with Crippen molar-refractivity contribution < 1.29 is 9.53 Å². The molecule has 5 heteroatoms. The fourth-order valence-electron chi connectivity index (χ4n) is 3.96. The van der Waals surface area contributed by atoms with E-state index in [1.54, 1.807) is 0 Å². The molecule has 1 amide bonds. The van der Waals surface area contributed by atoms with Crippen LogP contribution in [0.4, 0.5) is 0 Å². The standard InChI is InChI=1S/C15H27N3O2/c1-12(15(19)17-8-10-20-11-9-17)18-7-3-5-14(18)13-4-2-6-16-13/h12-14,16H,2-11H2,1H3. The third-order valence-electron chi connectivity index (χ3n) is 5.08. The van der Waals surface area contributed by atoms with Gasteiger partial charge in [-0.15, -0.1) is 0 Å². The highest BCUT2D eigenvalue weighted by atomic mass is 16.5. The average molecular weight is 281 g/mol. The van der Waals surface area contributed by atoms with E-state index in [-0.39, 0.29) is 11.9 Å². The number of carbonyl (C=O) groups is 1. The molecule has 5 nitrogen and oxygen atoms in total. The van der Waals surface area contributed by atoms with Crippen molar-refractivity contribution >= 4 is 5.91 Å². The van der Waals surface area contributed by atoms with Crippen LogP contribution in [0.5, 0.6) is 0 Å². The lowest BCUT2D eigenvalue weighted by Gasteiger charge is -2.37. The lowest BCUT2D eigenvalue weighted by molar-refractivity contribution is -0.141. The van der Waals surface area contributed by atoms with Gasteiger partial charge in [-0.05, 0) is 45.7 Å². The Morgan fingerprint density at radius 3 is 2.70 bits per heavy atom. The van der Waals surface area contributed by atoms with Gasteiger partial charge < -0.3 is 15.0 Å². The quantitative estimate of drug-likeness (QED) is 0.816. The third kappa shape index (κ3) is 2.85. The molecule has 0 aromatic heterocycles. The average Bonchev–Trinajstić information content (AvgIpc) is 3.16. The summed E-state index contributed by atoms with van der Waals surface area (Å²) in [7, 11) is 0. The van der Waals surface area contributed by atoms with E-state index in [2.05, 4.69) is 17.1 Å². The van der Waals surface area contributed by atoms with Crippen molar-refractivity contribution in [2.24, 2.45) is 0 Å². The summed E-state index contributed by atoms with van der Waals surface area (Å²) in [4.78, 5) is 17.1. The Morgan fingerprint density at radius 1 is 1.20 bits per heavy atom. The molecule has 1 N–H and O–H groups in total. The number of ether oxygens (including phenoxy) is 1. The maximum absolute atomic E-state index is 12.7. The Morgan fingerprint density at radius 2 is 2.00 bits per heavy atom. The maximum Gasteiger partial charge on any atom is 0.239 e. The summed E-state index contributed by atoms with van der Waals surface area (Å²) in [6.07, 6.45) is 5.00. The minimum Gasteiger partial charge on any atom is -0.378 e. The lowest BCUT2D eigenvalue weighted by Crippen LogP contribution is -2.54. The van der Waals surface area contributed by atoms with Gasteiger partial charge in [0.05, 0.1) is 19.3 Å². The van der Waals surface area contributed by atoms with Gasteiger partial charge in [-0.2, -0.15) is 0 Å². The molecule has 114 valence electrons. The molecule has 0 spiro atoms. The fourth-order valence-corrected chi connectivity index (χ4v) is 3.96. The van der Waals surface area contributed by atoms with Gasteiger partial charge >= 0.3 is 0 Å². The first kappa shape index (κ1) is 14.3.